The van der Waals surface area contributed by atoms with Gasteiger partial charge in [0.2, 0.25) is 17.3 Å². The number of benzene rings is 1. The van der Waals surface area contributed by atoms with E-state index in [0.29, 0.717) is 6.42 Å². The number of hydrogen-bond donors (Lipinski definition) is 2. The zero-order chi connectivity index (χ0) is 15.1. The number of rotatable bonds is 7. The molecule has 0 bridgehead atoms. The Balaban J connectivity index is 3.09. The van der Waals surface area contributed by atoms with Crippen molar-refractivity contribution in [2.75, 3.05) is 0 Å². The van der Waals surface area contributed by atoms with Gasteiger partial charge in [-0.15, -0.1) is 0 Å². The fourth-order valence-corrected chi connectivity index (χ4v) is 1.70. The minimum atomic E-state index is -1.59. The molecule has 1 aromatic carbocycles. The van der Waals surface area contributed by atoms with Crippen molar-refractivity contribution in [2.24, 2.45) is 0 Å². The molecule has 0 amide bonds. The number of aliphatic hydroxyl groups excluding tert-OH is 1. The predicted molar refractivity (Wildman–Crippen MR) is 73.5 cm³/mol. The molecule has 1 unspecified atom stereocenters. The molecule has 0 fully saturated rings. The Labute approximate surface area is 117 Å². The molecule has 5 nitrogen and oxygen atoms in total. The second-order valence-corrected chi connectivity index (χ2v) is 4.40. The van der Waals surface area contributed by atoms with E-state index in [2.05, 4.69) is 0 Å². The van der Waals surface area contributed by atoms with Gasteiger partial charge in [0.25, 0.3) is 0 Å². The minimum Gasteiger partial charge on any atom is -0.499 e. The predicted octanol–water partition coefficient (Wildman–Crippen LogP) is 2.93. The van der Waals surface area contributed by atoms with Crippen molar-refractivity contribution in [3.8, 4) is 0 Å². The average Bonchev–Trinajstić information content (AvgIpc) is 2.44. The Morgan fingerprint density at radius 1 is 1.20 bits per heavy atom. The minimum absolute atomic E-state index is 0.263. The van der Waals surface area contributed by atoms with E-state index in [1.54, 1.807) is 25.1 Å². The highest BCUT2D eigenvalue weighted by molar-refractivity contribution is 6.10. The van der Waals surface area contributed by atoms with Gasteiger partial charge in [0, 0.05) is 5.56 Å². The standard InChI is InChI=1S/C15H18O5/c1-3-7-10(2)20-14(13(17)15(18)19)12(16)11-8-5-4-6-9-11/h4-6,8-10,17H,3,7H2,1-2H3,(H,18,19). The van der Waals surface area contributed by atoms with Crippen LogP contribution in [0.4, 0.5) is 0 Å². The zero-order valence-corrected chi connectivity index (χ0v) is 11.5. The van der Waals surface area contributed by atoms with Crippen LogP contribution in [0.2, 0.25) is 0 Å². The lowest BCUT2D eigenvalue weighted by Gasteiger charge is -2.16. The maximum Gasteiger partial charge on any atom is 0.375 e. The summed E-state index contributed by atoms with van der Waals surface area (Å²) in [5.74, 6) is -3.83. The van der Waals surface area contributed by atoms with Crippen LogP contribution < -0.4 is 0 Å². The molecule has 0 saturated heterocycles. The van der Waals surface area contributed by atoms with Crippen molar-refractivity contribution >= 4 is 11.8 Å². The van der Waals surface area contributed by atoms with Crippen LogP contribution in [0.5, 0.6) is 0 Å². The van der Waals surface area contributed by atoms with Gasteiger partial charge in [0.1, 0.15) is 0 Å². The number of carboxylic acids is 1. The van der Waals surface area contributed by atoms with Crippen molar-refractivity contribution in [1.29, 1.82) is 0 Å². The van der Waals surface area contributed by atoms with E-state index < -0.39 is 23.3 Å². The number of carbonyl (C=O) groups is 2. The first-order valence-corrected chi connectivity index (χ1v) is 6.40. The zero-order valence-electron chi connectivity index (χ0n) is 11.5. The van der Waals surface area contributed by atoms with E-state index in [4.69, 9.17) is 9.84 Å². The lowest BCUT2D eigenvalue weighted by Crippen LogP contribution is -2.19. The topological polar surface area (TPSA) is 83.8 Å². The van der Waals surface area contributed by atoms with Crippen LogP contribution in [-0.4, -0.2) is 28.1 Å². The SMILES string of the molecule is CCCC(C)OC(C(=O)c1ccccc1)=C(O)C(=O)O. The van der Waals surface area contributed by atoms with Crippen molar-refractivity contribution in [2.45, 2.75) is 32.8 Å². The summed E-state index contributed by atoms with van der Waals surface area (Å²) in [5, 5.41) is 18.4. The molecule has 0 heterocycles. The number of aliphatic hydroxyl groups is 1. The molecule has 1 rings (SSSR count). The summed E-state index contributed by atoms with van der Waals surface area (Å²) in [6, 6.07) is 8.10. The molecule has 5 heteroatoms. The summed E-state index contributed by atoms with van der Waals surface area (Å²) in [7, 11) is 0. The third kappa shape index (κ3) is 4.12. The van der Waals surface area contributed by atoms with Gasteiger partial charge < -0.3 is 14.9 Å². The molecule has 0 saturated carbocycles. The van der Waals surface area contributed by atoms with Crippen LogP contribution >= 0.6 is 0 Å². The van der Waals surface area contributed by atoms with Gasteiger partial charge in [0.05, 0.1) is 6.10 Å². The summed E-state index contributed by atoms with van der Waals surface area (Å²) >= 11 is 0. The third-order valence-corrected chi connectivity index (χ3v) is 2.67. The molecule has 0 aliphatic rings. The largest absolute Gasteiger partial charge is 0.499 e. The first kappa shape index (κ1) is 15.8. The van der Waals surface area contributed by atoms with Gasteiger partial charge in [-0.05, 0) is 13.3 Å². The van der Waals surface area contributed by atoms with Crippen molar-refractivity contribution in [1.82, 2.24) is 0 Å². The number of allylic oxidation sites excluding steroid dienone is 1. The van der Waals surface area contributed by atoms with Crippen molar-refractivity contribution in [3.05, 3.63) is 47.4 Å². The molecule has 0 aromatic heterocycles. The fourth-order valence-electron chi connectivity index (χ4n) is 1.70. The Hall–Kier alpha value is -2.30. The molecule has 1 aromatic rings. The number of ether oxygens (including phenoxy) is 1. The Bertz CT molecular complexity index is 504. The number of ketones is 1. The highest BCUT2D eigenvalue weighted by Gasteiger charge is 2.24. The van der Waals surface area contributed by atoms with Crippen LogP contribution in [-0.2, 0) is 9.53 Å². The summed E-state index contributed by atoms with van der Waals surface area (Å²) in [6.45, 7) is 3.66. The van der Waals surface area contributed by atoms with Crippen molar-refractivity contribution in [3.63, 3.8) is 0 Å². The number of hydrogen-bond acceptors (Lipinski definition) is 4. The number of Topliss-reactive ketones (excluding diaryl/α,β-unsaturated/α-hetero) is 1. The maximum absolute atomic E-state index is 12.2. The molecule has 0 spiro atoms. The fraction of sp³-hybridized carbons (Fsp3) is 0.333. The number of aliphatic carboxylic acids is 1. The van der Waals surface area contributed by atoms with Crippen molar-refractivity contribution < 1.29 is 24.5 Å². The van der Waals surface area contributed by atoms with Gasteiger partial charge in [-0.1, -0.05) is 43.7 Å². The van der Waals surface area contributed by atoms with E-state index in [1.807, 2.05) is 6.92 Å². The second kappa shape index (κ2) is 7.33. The summed E-state index contributed by atoms with van der Waals surface area (Å²) in [4.78, 5) is 23.1. The summed E-state index contributed by atoms with van der Waals surface area (Å²) in [6.07, 6.45) is 1.12. The number of carboxylic acid groups (broad SMARTS) is 1. The van der Waals surface area contributed by atoms with Gasteiger partial charge >= 0.3 is 5.97 Å². The average molecular weight is 278 g/mol. The van der Waals surface area contributed by atoms with E-state index in [0.717, 1.165) is 6.42 Å². The lowest BCUT2D eigenvalue weighted by atomic mass is 10.1. The lowest BCUT2D eigenvalue weighted by molar-refractivity contribution is -0.136. The quantitative estimate of drug-likeness (QED) is 0.455. The van der Waals surface area contributed by atoms with E-state index in [9.17, 15) is 14.7 Å². The first-order chi connectivity index (χ1) is 9.47. The molecular formula is C15H18O5. The maximum atomic E-state index is 12.2. The van der Waals surface area contributed by atoms with E-state index >= 15 is 0 Å². The van der Waals surface area contributed by atoms with Gasteiger partial charge in [-0.25, -0.2) is 4.79 Å². The first-order valence-electron chi connectivity index (χ1n) is 6.40. The second-order valence-electron chi connectivity index (χ2n) is 4.40. The monoisotopic (exact) mass is 278 g/mol. The Morgan fingerprint density at radius 3 is 2.30 bits per heavy atom. The molecule has 0 aliphatic heterocycles. The Morgan fingerprint density at radius 2 is 1.80 bits per heavy atom. The van der Waals surface area contributed by atoms with Gasteiger partial charge in [-0.2, -0.15) is 0 Å². The van der Waals surface area contributed by atoms with E-state index in [-0.39, 0.29) is 11.7 Å². The normalized spacial score (nSPS) is 13.3. The van der Waals surface area contributed by atoms with Crippen LogP contribution in [0.1, 0.15) is 37.0 Å². The smallest absolute Gasteiger partial charge is 0.375 e. The Kier molecular flexibility index (Phi) is 5.77. The number of carbonyl (C=O) groups excluding carboxylic acids is 1. The van der Waals surface area contributed by atoms with E-state index in [1.165, 1.54) is 12.1 Å². The highest BCUT2D eigenvalue weighted by Crippen LogP contribution is 2.17. The third-order valence-electron chi connectivity index (χ3n) is 2.67. The van der Waals surface area contributed by atoms with Gasteiger partial charge in [-0.3, -0.25) is 4.79 Å². The summed E-state index contributed by atoms with van der Waals surface area (Å²) < 4.78 is 5.33. The molecule has 2 N–H and O–H groups in total. The van der Waals surface area contributed by atoms with Crippen LogP contribution in [0.25, 0.3) is 0 Å². The molecule has 1 atom stereocenters. The molecule has 0 radical (unpaired) electrons. The van der Waals surface area contributed by atoms with Crippen LogP contribution in [0, 0.1) is 0 Å². The van der Waals surface area contributed by atoms with Gasteiger partial charge in [0.15, 0.2) is 0 Å². The van der Waals surface area contributed by atoms with Crippen LogP contribution in [0.15, 0.2) is 41.9 Å². The molecular weight excluding hydrogens is 260 g/mol. The summed E-state index contributed by atoms with van der Waals surface area (Å²) in [5.41, 5.74) is 0.263. The molecule has 108 valence electrons. The molecule has 0 aliphatic carbocycles. The highest BCUT2D eigenvalue weighted by atomic mass is 16.5. The molecule has 20 heavy (non-hydrogen) atoms. The van der Waals surface area contributed by atoms with Crippen LogP contribution in [0.3, 0.4) is 0 Å².